The molecule has 0 radical (unpaired) electrons. The molecule has 2 aliphatic rings. The highest BCUT2D eigenvalue weighted by molar-refractivity contribution is 6.10. The average molecular weight is 659 g/mol. The number of H-pyrrole nitrogens is 1. The van der Waals surface area contributed by atoms with E-state index in [1.54, 1.807) is 12.4 Å². The van der Waals surface area contributed by atoms with Gasteiger partial charge in [-0.05, 0) is 70.2 Å². The monoisotopic (exact) mass is 658 g/mol. The van der Waals surface area contributed by atoms with Crippen LogP contribution in [-0.4, -0.2) is 71.8 Å². The van der Waals surface area contributed by atoms with Gasteiger partial charge in [0.1, 0.15) is 0 Å². The molecule has 10 heteroatoms. The van der Waals surface area contributed by atoms with Crippen LogP contribution >= 0.6 is 0 Å². The highest BCUT2D eigenvalue weighted by Gasteiger charge is 2.31. The minimum absolute atomic E-state index is 0.0666. The minimum atomic E-state index is -0.131. The molecule has 262 valence electrons. The van der Waals surface area contributed by atoms with E-state index in [1.807, 2.05) is 39.1 Å². The Hall–Kier alpha value is -4.18. The lowest BCUT2D eigenvalue weighted by Gasteiger charge is -2.31. The standard InChI is InChI=1S/C38H58N8O2/c1-9-28(10-2)16-32(35-17-29(22-44-35)31(19-39)21-41-24-36(47)25(3)4)33(20-40)26(5)45-34-18-30(23-43-27(34)6)37(48)42-13-15-46-14-11-12-38(46,7)8/h17-23,25,27-28,40,43-45H,5,9-16,24,39H2,1-4,6-8H3,(H,42,48)/b31-19+,33-32+,40-20?,41-21?. The Morgan fingerprint density at radius 2 is 2.00 bits per heavy atom. The third-order valence-corrected chi connectivity index (χ3v) is 9.65. The van der Waals surface area contributed by atoms with E-state index in [-0.39, 0.29) is 35.7 Å². The van der Waals surface area contributed by atoms with E-state index >= 15 is 0 Å². The molecule has 0 aliphatic carbocycles. The van der Waals surface area contributed by atoms with E-state index in [1.165, 1.54) is 25.3 Å². The van der Waals surface area contributed by atoms with E-state index in [2.05, 4.69) is 65.1 Å². The van der Waals surface area contributed by atoms with Crippen LogP contribution in [0.3, 0.4) is 0 Å². The molecule has 3 rings (SSSR count). The number of nitrogens with zero attached hydrogens (tertiary/aromatic N) is 2. The lowest BCUT2D eigenvalue weighted by atomic mass is 9.89. The van der Waals surface area contributed by atoms with Gasteiger partial charge in [-0.1, -0.05) is 47.1 Å². The first kappa shape index (κ1) is 38.3. The molecular weight excluding hydrogens is 600 g/mol. The zero-order chi connectivity index (χ0) is 35.4. The molecule has 0 bridgehead atoms. The van der Waals surface area contributed by atoms with Crippen molar-refractivity contribution in [2.75, 3.05) is 26.2 Å². The van der Waals surface area contributed by atoms with Crippen LogP contribution in [0.5, 0.6) is 0 Å². The van der Waals surface area contributed by atoms with Crippen molar-refractivity contribution in [3.8, 4) is 0 Å². The summed E-state index contributed by atoms with van der Waals surface area (Å²) in [5.74, 6) is 0.262. The zero-order valence-electron chi connectivity index (χ0n) is 30.1. The number of Topliss-reactive ketones (excluding diaryl/α,β-unsaturated/α-hetero) is 1. The lowest BCUT2D eigenvalue weighted by Crippen LogP contribution is -2.43. The fraction of sp³-hybridized carbons (Fsp3) is 0.526. The average Bonchev–Trinajstić information content (AvgIpc) is 3.68. The van der Waals surface area contributed by atoms with Crippen molar-refractivity contribution < 1.29 is 9.59 Å². The van der Waals surface area contributed by atoms with Gasteiger partial charge in [0.2, 0.25) is 0 Å². The molecular formula is C38H58N8O2. The first-order chi connectivity index (χ1) is 22.8. The van der Waals surface area contributed by atoms with Crippen LogP contribution in [0.4, 0.5) is 0 Å². The molecule has 1 saturated heterocycles. The number of nitrogens with one attached hydrogen (secondary N) is 5. The van der Waals surface area contributed by atoms with Crippen molar-refractivity contribution in [1.29, 1.82) is 5.41 Å². The quantitative estimate of drug-likeness (QED) is 0.0881. The summed E-state index contributed by atoms with van der Waals surface area (Å²) in [5.41, 5.74) is 12.1. The van der Waals surface area contributed by atoms with Gasteiger partial charge in [-0.2, -0.15) is 0 Å². The number of hydrogen-bond acceptors (Lipinski definition) is 8. The number of nitrogens with two attached hydrogens (primary N) is 1. The first-order valence-corrected chi connectivity index (χ1v) is 17.4. The number of amides is 1. The predicted molar refractivity (Wildman–Crippen MR) is 199 cm³/mol. The van der Waals surface area contributed by atoms with Gasteiger partial charge < -0.3 is 32.1 Å². The van der Waals surface area contributed by atoms with Crippen LogP contribution in [0.2, 0.25) is 0 Å². The third kappa shape index (κ3) is 10.2. The van der Waals surface area contributed by atoms with E-state index in [0.29, 0.717) is 34.9 Å². The van der Waals surface area contributed by atoms with Gasteiger partial charge in [-0.25, -0.2) is 0 Å². The second-order valence-corrected chi connectivity index (χ2v) is 13.8. The van der Waals surface area contributed by atoms with Gasteiger partial charge in [0.05, 0.1) is 18.2 Å². The molecule has 10 nitrogen and oxygen atoms in total. The molecule has 1 atom stereocenters. The molecule has 1 aromatic heterocycles. The molecule has 0 aromatic carbocycles. The number of carbonyl (C=O) groups excluding carboxylic acids is 2. The number of aromatic nitrogens is 1. The summed E-state index contributed by atoms with van der Waals surface area (Å²) in [5, 5.41) is 18.3. The van der Waals surface area contributed by atoms with Gasteiger partial charge in [-0.3, -0.25) is 19.5 Å². The summed E-state index contributed by atoms with van der Waals surface area (Å²) in [6, 6.07) is 1.91. The van der Waals surface area contributed by atoms with Crippen molar-refractivity contribution in [1.82, 2.24) is 25.8 Å². The molecule has 7 N–H and O–H groups in total. The second kappa shape index (κ2) is 17.8. The normalized spacial score (nSPS) is 18.8. The van der Waals surface area contributed by atoms with E-state index < -0.39 is 0 Å². The lowest BCUT2D eigenvalue weighted by molar-refractivity contribution is -0.120. The molecule has 0 spiro atoms. The Kier molecular flexibility index (Phi) is 14.2. The van der Waals surface area contributed by atoms with Crippen LogP contribution < -0.4 is 21.7 Å². The summed E-state index contributed by atoms with van der Waals surface area (Å²) in [4.78, 5) is 35.3. The van der Waals surface area contributed by atoms with Crippen LogP contribution in [0.1, 0.15) is 91.8 Å². The predicted octanol–water partition coefficient (Wildman–Crippen LogP) is 5.69. The molecule has 1 amide bonds. The van der Waals surface area contributed by atoms with Gasteiger partial charge >= 0.3 is 0 Å². The van der Waals surface area contributed by atoms with Crippen molar-refractivity contribution in [3.63, 3.8) is 0 Å². The number of aromatic amines is 1. The van der Waals surface area contributed by atoms with Crippen LogP contribution in [0, 0.1) is 17.2 Å². The number of dihydropyridines is 1. The molecule has 1 unspecified atom stereocenters. The smallest absolute Gasteiger partial charge is 0.252 e. The third-order valence-electron chi connectivity index (χ3n) is 9.65. The second-order valence-electron chi connectivity index (χ2n) is 13.8. The van der Waals surface area contributed by atoms with Crippen molar-refractivity contribution in [3.05, 3.63) is 71.1 Å². The number of ketones is 1. The molecule has 3 heterocycles. The fourth-order valence-electron chi connectivity index (χ4n) is 6.09. The largest absolute Gasteiger partial charge is 0.404 e. The fourth-order valence-corrected chi connectivity index (χ4v) is 6.09. The molecule has 48 heavy (non-hydrogen) atoms. The van der Waals surface area contributed by atoms with E-state index in [4.69, 9.17) is 11.1 Å². The maximum Gasteiger partial charge on any atom is 0.252 e. The number of likely N-dealkylation sites (tertiary alicyclic amines) is 1. The van der Waals surface area contributed by atoms with Crippen molar-refractivity contribution in [2.45, 2.75) is 92.2 Å². The number of carbonyl (C=O) groups is 2. The molecule has 1 aromatic rings. The number of rotatable bonds is 18. The van der Waals surface area contributed by atoms with Crippen LogP contribution in [0.25, 0.3) is 11.1 Å². The maximum absolute atomic E-state index is 13.1. The summed E-state index contributed by atoms with van der Waals surface area (Å²) in [6.07, 6.45) is 15.0. The summed E-state index contributed by atoms with van der Waals surface area (Å²) in [6.45, 7) is 21.5. The Morgan fingerprint density at radius 1 is 1.27 bits per heavy atom. The summed E-state index contributed by atoms with van der Waals surface area (Å²) < 4.78 is 0. The summed E-state index contributed by atoms with van der Waals surface area (Å²) in [7, 11) is 0. The van der Waals surface area contributed by atoms with Gasteiger partial charge in [0.15, 0.2) is 5.78 Å². The Labute approximate surface area is 287 Å². The molecule has 1 fully saturated rings. The van der Waals surface area contributed by atoms with Gasteiger partial charge in [-0.15, -0.1) is 0 Å². The Morgan fingerprint density at radius 3 is 2.60 bits per heavy atom. The molecule has 0 saturated carbocycles. The zero-order valence-corrected chi connectivity index (χ0v) is 30.1. The highest BCUT2D eigenvalue weighted by Crippen LogP contribution is 2.32. The summed E-state index contributed by atoms with van der Waals surface area (Å²) >= 11 is 0. The number of hydrogen-bond donors (Lipinski definition) is 6. The van der Waals surface area contributed by atoms with Crippen molar-refractivity contribution in [2.24, 2.45) is 22.6 Å². The molecule has 2 aliphatic heterocycles. The minimum Gasteiger partial charge on any atom is -0.404 e. The Bertz CT molecular complexity index is 1470. The highest BCUT2D eigenvalue weighted by atomic mass is 16.1. The van der Waals surface area contributed by atoms with Crippen molar-refractivity contribution >= 4 is 35.3 Å². The topological polar surface area (TPSA) is 151 Å². The van der Waals surface area contributed by atoms with Gasteiger partial charge in [0.25, 0.3) is 5.91 Å². The van der Waals surface area contributed by atoms with Crippen LogP contribution in [-0.2, 0) is 9.59 Å². The first-order valence-electron chi connectivity index (χ1n) is 17.4. The maximum atomic E-state index is 13.1. The Balaban J connectivity index is 1.83. The van der Waals surface area contributed by atoms with Gasteiger partial charge in [0, 0.05) is 89.4 Å². The van der Waals surface area contributed by atoms with Crippen LogP contribution in [0.15, 0.2) is 64.9 Å². The SMILES string of the molecule is C=C(NC1=CC(C(=O)NCCN2CCCC2(C)C)=CNC1C)/C(C=N)=C(\CC(CC)CC)c1cc(/C(C=NCC(=O)C(C)C)=C/N)c[nH]1. The van der Waals surface area contributed by atoms with E-state index in [0.717, 1.165) is 54.9 Å². The number of allylic oxidation sites excluding steroid dienone is 3. The number of aliphatic imine (C=N–C) groups is 1. The van der Waals surface area contributed by atoms with E-state index in [9.17, 15) is 9.59 Å².